The van der Waals surface area contributed by atoms with Gasteiger partial charge < -0.3 is 20.1 Å². The number of hydrogen-bond donors (Lipinski definition) is 2. The summed E-state index contributed by atoms with van der Waals surface area (Å²) in [6.45, 7) is 6.53. The highest BCUT2D eigenvalue weighted by Gasteiger charge is 2.24. The van der Waals surface area contributed by atoms with Crippen LogP contribution >= 0.6 is 11.3 Å². The lowest BCUT2D eigenvalue weighted by Gasteiger charge is -2.28. The molecule has 0 amide bonds. The monoisotopic (exact) mass is 385 g/mol. The molecule has 142 valence electrons. The lowest BCUT2D eigenvalue weighted by atomic mass is 10.1. The number of pyridine rings is 1. The molecule has 0 aromatic carbocycles. The van der Waals surface area contributed by atoms with Crippen molar-refractivity contribution >= 4 is 33.2 Å². The molecule has 1 saturated heterocycles. The normalized spacial score (nSPS) is 15.3. The molecule has 1 aliphatic heterocycles. The van der Waals surface area contributed by atoms with Crippen molar-refractivity contribution in [2.75, 3.05) is 43.6 Å². The molecule has 1 fully saturated rings. The van der Waals surface area contributed by atoms with Gasteiger partial charge >= 0.3 is 0 Å². The predicted octanol–water partition coefficient (Wildman–Crippen LogP) is 2.86. The van der Waals surface area contributed by atoms with Crippen LogP contribution in [-0.2, 0) is 10.3 Å². The summed E-state index contributed by atoms with van der Waals surface area (Å²) in [4.78, 5) is 17.1. The van der Waals surface area contributed by atoms with Crippen LogP contribution in [0.15, 0.2) is 24.4 Å². The minimum atomic E-state index is -0.913. The molecule has 2 N–H and O–H groups in total. The van der Waals surface area contributed by atoms with Crippen LogP contribution in [0.5, 0.6) is 0 Å². The number of fused-ring (bicyclic) bond motifs is 1. The number of morpholine rings is 1. The molecule has 3 aromatic rings. The molecular weight excluding hydrogens is 362 g/mol. The molecule has 1 aliphatic rings. The number of aliphatic hydroxyl groups is 1. The van der Waals surface area contributed by atoms with E-state index in [1.807, 2.05) is 25.2 Å². The molecule has 7 nitrogen and oxygen atoms in total. The lowest BCUT2D eigenvalue weighted by Crippen LogP contribution is -2.36. The van der Waals surface area contributed by atoms with Crippen LogP contribution in [0.3, 0.4) is 0 Å². The summed E-state index contributed by atoms with van der Waals surface area (Å²) in [5.41, 5.74) is 0.798. The summed E-state index contributed by atoms with van der Waals surface area (Å²) in [6, 6.07) is 5.84. The van der Waals surface area contributed by atoms with Gasteiger partial charge in [-0.3, -0.25) is 0 Å². The van der Waals surface area contributed by atoms with E-state index in [0.29, 0.717) is 19.0 Å². The van der Waals surface area contributed by atoms with Crippen molar-refractivity contribution < 1.29 is 9.84 Å². The van der Waals surface area contributed by atoms with Crippen molar-refractivity contribution in [1.82, 2.24) is 15.0 Å². The van der Waals surface area contributed by atoms with Gasteiger partial charge in [0, 0.05) is 36.8 Å². The maximum absolute atomic E-state index is 10.4. The number of thiophene rings is 1. The Balaban J connectivity index is 1.86. The molecular formula is C19H23N5O2S. The molecule has 27 heavy (non-hydrogen) atoms. The number of hydrogen-bond acceptors (Lipinski definition) is 8. The van der Waals surface area contributed by atoms with Crippen molar-refractivity contribution in [1.29, 1.82) is 0 Å². The molecule has 4 heterocycles. The van der Waals surface area contributed by atoms with E-state index in [1.165, 1.54) is 0 Å². The van der Waals surface area contributed by atoms with Crippen molar-refractivity contribution in [3.8, 4) is 11.4 Å². The number of aromatic nitrogens is 3. The summed E-state index contributed by atoms with van der Waals surface area (Å²) < 4.78 is 6.49. The summed E-state index contributed by atoms with van der Waals surface area (Å²) in [7, 11) is 1.84. The minimum Gasteiger partial charge on any atom is -0.385 e. The molecule has 8 heteroatoms. The average Bonchev–Trinajstić information content (AvgIpc) is 3.13. The first-order valence-electron chi connectivity index (χ1n) is 8.97. The van der Waals surface area contributed by atoms with Crippen molar-refractivity contribution in [2.24, 2.45) is 0 Å². The molecule has 0 radical (unpaired) electrons. The van der Waals surface area contributed by atoms with E-state index in [4.69, 9.17) is 14.7 Å². The van der Waals surface area contributed by atoms with Gasteiger partial charge in [-0.1, -0.05) is 0 Å². The Hall–Kier alpha value is -2.29. The molecule has 0 saturated carbocycles. The highest BCUT2D eigenvalue weighted by molar-refractivity contribution is 7.19. The first kappa shape index (κ1) is 18.1. The zero-order valence-corrected chi connectivity index (χ0v) is 16.5. The van der Waals surface area contributed by atoms with Gasteiger partial charge in [0.05, 0.1) is 29.0 Å². The van der Waals surface area contributed by atoms with Gasteiger partial charge in [-0.05, 0) is 32.0 Å². The van der Waals surface area contributed by atoms with Gasteiger partial charge in [-0.25, -0.2) is 15.0 Å². The second-order valence-corrected chi connectivity index (χ2v) is 8.09. The summed E-state index contributed by atoms with van der Waals surface area (Å²) in [6.07, 6.45) is 1.78. The molecule has 0 atom stereocenters. The molecule has 4 rings (SSSR count). The van der Waals surface area contributed by atoms with E-state index < -0.39 is 5.60 Å². The fourth-order valence-corrected chi connectivity index (χ4v) is 4.12. The summed E-state index contributed by atoms with van der Waals surface area (Å²) in [5, 5.41) is 13.5. The Bertz CT molecular complexity index is 943. The first-order valence-corrected chi connectivity index (χ1v) is 9.78. The van der Waals surface area contributed by atoms with Crippen LogP contribution in [0.4, 0.5) is 11.6 Å². The third-order valence-corrected chi connectivity index (χ3v) is 5.98. The highest BCUT2D eigenvalue weighted by atomic mass is 32.1. The molecule has 0 aliphatic carbocycles. The lowest BCUT2D eigenvalue weighted by molar-refractivity contribution is 0.0826. The Labute approximate surface area is 162 Å². The maximum atomic E-state index is 10.4. The molecule has 0 spiro atoms. The number of rotatable bonds is 4. The van der Waals surface area contributed by atoms with Gasteiger partial charge in [-0.15, -0.1) is 11.3 Å². The minimum absolute atomic E-state index is 0.638. The van der Waals surface area contributed by atoms with E-state index in [2.05, 4.69) is 15.2 Å². The van der Waals surface area contributed by atoms with Crippen LogP contribution in [-0.4, -0.2) is 53.4 Å². The van der Waals surface area contributed by atoms with Crippen LogP contribution < -0.4 is 10.2 Å². The summed E-state index contributed by atoms with van der Waals surface area (Å²) in [5.74, 6) is 2.34. The van der Waals surface area contributed by atoms with E-state index in [-0.39, 0.29) is 0 Å². The Kier molecular flexibility index (Phi) is 4.71. The second kappa shape index (κ2) is 7.03. The topological polar surface area (TPSA) is 83.4 Å². The third kappa shape index (κ3) is 3.60. The highest BCUT2D eigenvalue weighted by Crippen LogP contribution is 2.38. The fraction of sp³-hybridized carbons (Fsp3) is 0.421. The van der Waals surface area contributed by atoms with E-state index in [9.17, 15) is 5.11 Å². The van der Waals surface area contributed by atoms with Crippen LogP contribution in [0.25, 0.3) is 21.6 Å². The van der Waals surface area contributed by atoms with Crippen molar-refractivity contribution in [2.45, 2.75) is 19.4 Å². The zero-order chi connectivity index (χ0) is 19.0. The van der Waals surface area contributed by atoms with Gasteiger partial charge in [0.15, 0.2) is 11.6 Å². The number of nitrogens with one attached hydrogen (secondary N) is 1. The molecule has 3 aromatic heterocycles. The van der Waals surface area contributed by atoms with E-state index >= 15 is 0 Å². The van der Waals surface area contributed by atoms with Gasteiger partial charge in [0.25, 0.3) is 0 Å². The smallest absolute Gasteiger partial charge is 0.163 e. The Morgan fingerprint density at radius 1 is 1.22 bits per heavy atom. The number of ether oxygens (including phenoxy) is 1. The van der Waals surface area contributed by atoms with Crippen LogP contribution in [0.2, 0.25) is 0 Å². The predicted molar refractivity (Wildman–Crippen MR) is 108 cm³/mol. The SMILES string of the molecule is CNc1ccc(-c2nc(N3CCOCC3)c3sc(C(C)(C)O)cc3n2)cn1. The maximum Gasteiger partial charge on any atom is 0.163 e. The summed E-state index contributed by atoms with van der Waals surface area (Å²) >= 11 is 1.55. The molecule has 0 unspecified atom stereocenters. The largest absolute Gasteiger partial charge is 0.385 e. The quantitative estimate of drug-likeness (QED) is 0.714. The van der Waals surface area contributed by atoms with E-state index in [1.54, 1.807) is 31.4 Å². The number of nitrogens with zero attached hydrogens (tertiary/aromatic N) is 4. The van der Waals surface area contributed by atoms with Gasteiger partial charge in [0.2, 0.25) is 0 Å². The second-order valence-electron chi connectivity index (χ2n) is 7.04. The van der Waals surface area contributed by atoms with Crippen LogP contribution in [0, 0.1) is 0 Å². The number of anilines is 2. The van der Waals surface area contributed by atoms with Crippen LogP contribution in [0.1, 0.15) is 18.7 Å². The fourth-order valence-electron chi connectivity index (χ4n) is 3.01. The average molecular weight is 385 g/mol. The van der Waals surface area contributed by atoms with E-state index in [0.717, 1.165) is 45.4 Å². The third-order valence-electron chi connectivity index (χ3n) is 4.55. The standard InChI is InChI=1S/C19H23N5O2S/c1-19(2,25)14-10-13-16(27-14)18(24-6-8-26-9-7-24)23-17(22-13)12-4-5-15(20-3)21-11-12/h4-5,10-11,25H,6-9H2,1-3H3,(H,20,21). The van der Waals surface area contributed by atoms with Gasteiger partial charge in [-0.2, -0.15) is 0 Å². The Morgan fingerprint density at radius 3 is 2.63 bits per heavy atom. The van der Waals surface area contributed by atoms with Crippen molar-refractivity contribution in [3.63, 3.8) is 0 Å². The van der Waals surface area contributed by atoms with Gasteiger partial charge in [0.1, 0.15) is 5.82 Å². The van der Waals surface area contributed by atoms with Crippen molar-refractivity contribution in [3.05, 3.63) is 29.3 Å². The zero-order valence-electron chi connectivity index (χ0n) is 15.7. The molecule has 0 bridgehead atoms. The first-order chi connectivity index (χ1) is 13.0. The Morgan fingerprint density at radius 2 is 2.00 bits per heavy atom.